The zero-order valence-corrected chi connectivity index (χ0v) is 34.5. The molecular weight excluding hydrogens is 672 g/mol. The molecule has 5 saturated carbocycles. The monoisotopic (exact) mass is 745 g/mol. The number of nitrogens with zero attached hydrogens (tertiary/aromatic N) is 2. The van der Waals surface area contributed by atoms with Gasteiger partial charge in [-0.1, -0.05) is 34.6 Å². The van der Waals surface area contributed by atoms with Crippen LogP contribution in [-0.4, -0.2) is 124 Å². The van der Waals surface area contributed by atoms with Crippen LogP contribution in [0.15, 0.2) is 0 Å². The van der Waals surface area contributed by atoms with Crippen LogP contribution in [0.5, 0.6) is 0 Å². The van der Waals surface area contributed by atoms with Gasteiger partial charge in [0.05, 0.1) is 42.2 Å². The highest BCUT2D eigenvalue weighted by atomic mass is 16.7. The van der Waals surface area contributed by atoms with Gasteiger partial charge in [-0.25, -0.2) is 0 Å². The van der Waals surface area contributed by atoms with E-state index < -0.39 is 35.5 Å². The van der Waals surface area contributed by atoms with E-state index in [2.05, 4.69) is 44.4 Å². The number of morpholine rings is 1. The molecular formula is C43H72N2O8. The average molecular weight is 745 g/mol. The molecule has 8 fully saturated rings. The van der Waals surface area contributed by atoms with Crippen molar-refractivity contribution >= 4 is 5.97 Å². The van der Waals surface area contributed by atoms with Gasteiger partial charge in [-0.3, -0.25) is 14.6 Å². The molecule has 0 amide bonds. The SMILES string of the molecule is CC(=O)O[C@@H](C1C[C@@H](C)[C@H]2C(O1)[C@H](O)[C@@]1(C)C3CC[C@H]4C(C)(C)[C@@H](O[C@H]5CN(C6CN(CC(C)(C)O)C6)CCO5)CCC45CC35CC[C@]21C)C(C)(C)O. The quantitative estimate of drug-likeness (QED) is 0.293. The molecule has 10 heteroatoms. The summed E-state index contributed by atoms with van der Waals surface area (Å²) >= 11 is 0. The minimum atomic E-state index is -1.26. The first-order chi connectivity index (χ1) is 24.6. The number of aliphatic hydroxyl groups excluding tert-OH is 1. The van der Waals surface area contributed by atoms with Crippen molar-refractivity contribution in [2.24, 2.45) is 50.7 Å². The molecule has 3 aliphatic heterocycles. The Hall–Kier alpha value is -0.850. The summed E-state index contributed by atoms with van der Waals surface area (Å²) in [5.41, 5.74) is -1.71. The summed E-state index contributed by atoms with van der Waals surface area (Å²) in [6, 6.07) is 0.501. The van der Waals surface area contributed by atoms with Gasteiger partial charge in [-0.05, 0) is 124 Å². The second kappa shape index (κ2) is 12.6. The molecule has 0 radical (unpaired) electrons. The standard InChI is InChI=1S/C43H72N2O8/c1-25-19-28(36(39(7,8)49)51-26(2)46)52-34-33(25)40(9)15-16-43-23-42(43)14-13-31(38(5,6)29(42)11-12-30(43)41(40,10)35(34)47)53-32-22-45(17-18-50-32)27-20-44(21-27)24-37(3,4)48/h25,27-36,47-49H,11-24H2,1-10H3/t25-,28?,29+,30?,31+,32+,33+,34?,35+,36+,40-,41-,42?,43?/m1/s1. The Morgan fingerprint density at radius 3 is 2.30 bits per heavy atom. The highest BCUT2D eigenvalue weighted by molar-refractivity contribution is 5.66. The maximum absolute atomic E-state index is 12.6. The molecule has 302 valence electrons. The van der Waals surface area contributed by atoms with Crippen LogP contribution in [0.4, 0.5) is 0 Å². The molecule has 10 nitrogen and oxygen atoms in total. The van der Waals surface area contributed by atoms with Gasteiger partial charge in [-0.15, -0.1) is 0 Å². The molecule has 0 bridgehead atoms. The summed E-state index contributed by atoms with van der Waals surface area (Å²) in [5.74, 6) is 1.06. The Kier molecular flexibility index (Phi) is 9.25. The van der Waals surface area contributed by atoms with Crippen molar-refractivity contribution in [3.63, 3.8) is 0 Å². The summed E-state index contributed by atoms with van der Waals surface area (Å²) < 4.78 is 25.9. The Morgan fingerprint density at radius 2 is 1.64 bits per heavy atom. The maximum atomic E-state index is 12.6. The summed E-state index contributed by atoms with van der Waals surface area (Å²) in [6.45, 7) is 25.8. The summed E-state index contributed by atoms with van der Waals surface area (Å²) in [4.78, 5) is 17.0. The van der Waals surface area contributed by atoms with Crippen molar-refractivity contribution in [3.8, 4) is 0 Å². The number of ether oxygens (including phenoxy) is 4. The minimum absolute atomic E-state index is 0.0237. The number of likely N-dealkylation sites (tertiary alicyclic amines) is 1. The van der Waals surface area contributed by atoms with Gasteiger partial charge < -0.3 is 34.3 Å². The number of hydrogen-bond donors (Lipinski definition) is 3. The number of carbonyl (C=O) groups is 1. The fourth-order valence-corrected chi connectivity index (χ4v) is 15.3. The molecule has 5 unspecified atom stereocenters. The Labute approximate surface area is 319 Å². The fraction of sp³-hybridized carbons (Fsp3) is 0.977. The molecule has 3 N–H and O–H groups in total. The van der Waals surface area contributed by atoms with Crippen molar-refractivity contribution in [2.45, 2.75) is 175 Å². The molecule has 5 aliphatic carbocycles. The van der Waals surface area contributed by atoms with Crippen molar-refractivity contribution in [2.75, 3.05) is 39.3 Å². The third kappa shape index (κ3) is 5.78. The van der Waals surface area contributed by atoms with Crippen molar-refractivity contribution < 1.29 is 39.1 Å². The van der Waals surface area contributed by atoms with Crippen LogP contribution in [0.3, 0.4) is 0 Å². The zero-order valence-electron chi connectivity index (χ0n) is 34.5. The largest absolute Gasteiger partial charge is 0.457 e. The minimum Gasteiger partial charge on any atom is -0.457 e. The molecule has 0 aromatic heterocycles. The van der Waals surface area contributed by atoms with Crippen molar-refractivity contribution in [3.05, 3.63) is 0 Å². The van der Waals surface area contributed by atoms with Gasteiger partial charge in [0.25, 0.3) is 0 Å². The lowest BCUT2D eigenvalue weighted by Crippen LogP contribution is -2.64. The summed E-state index contributed by atoms with van der Waals surface area (Å²) in [5, 5.41) is 34.0. The van der Waals surface area contributed by atoms with E-state index in [1.165, 1.54) is 26.2 Å². The van der Waals surface area contributed by atoms with E-state index in [-0.39, 0.29) is 52.0 Å². The predicted molar refractivity (Wildman–Crippen MR) is 201 cm³/mol. The van der Waals surface area contributed by atoms with Crippen LogP contribution >= 0.6 is 0 Å². The van der Waals surface area contributed by atoms with Crippen LogP contribution in [0.25, 0.3) is 0 Å². The number of carbonyl (C=O) groups excluding carboxylic acids is 1. The summed E-state index contributed by atoms with van der Waals surface area (Å²) in [7, 11) is 0. The van der Waals surface area contributed by atoms with Crippen LogP contribution in [0.1, 0.15) is 121 Å². The molecule has 8 aliphatic rings. The number of aliphatic hydroxyl groups is 3. The first-order valence-electron chi connectivity index (χ1n) is 21.3. The van der Waals surface area contributed by atoms with E-state index in [1.54, 1.807) is 13.8 Å². The Balaban J connectivity index is 0.970. The van der Waals surface area contributed by atoms with Gasteiger partial charge in [0.1, 0.15) is 0 Å². The number of β-amino-alcohol motifs (C(OH)–C–C–N with tert-alkyl or cyclic N) is 1. The molecule has 0 aromatic carbocycles. The van der Waals surface area contributed by atoms with Gasteiger partial charge in [0.15, 0.2) is 12.4 Å². The number of rotatable bonds is 8. The van der Waals surface area contributed by atoms with Gasteiger partial charge in [0.2, 0.25) is 0 Å². The number of esters is 1. The normalized spacial score (nSPS) is 49.0. The van der Waals surface area contributed by atoms with Crippen LogP contribution in [0, 0.1) is 50.7 Å². The van der Waals surface area contributed by atoms with E-state index in [4.69, 9.17) is 18.9 Å². The number of hydrogen-bond acceptors (Lipinski definition) is 10. The molecule has 2 spiro atoms. The van der Waals surface area contributed by atoms with Gasteiger partial charge in [0, 0.05) is 51.1 Å². The highest BCUT2D eigenvalue weighted by Gasteiger charge is 2.84. The highest BCUT2D eigenvalue weighted by Crippen LogP contribution is 2.89. The van der Waals surface area contributed by atoms with E-state index in [9.17, 15) is 20.1 Å². The van der Waals surface area contributed by atoms with E-state index >= 15 is 0 Å². The van der Waals surface area contributed by atoms with Crippen molar-refractivity contribution in [1.29, 1.82) is 0 Å². The molecule has 3 saturated heterocycles. The topological polar surface area (TPSA) is 121 Å². The lowest BCUT2D eigenvalue weighted by atomic mass is 9.41. The average Bonchev–Trinajstić information content (AvgIpc) is 3.66. The zero-order chi connectivity index (χ0) is 38.3. The van der Waals surface area contributed by atoms with Gasteiger partial charge in [-0.2, -0.15) is 0 Å². The van der Waals surface area contributed by atoms with E-state index in [0.29, 0.717) is 42.9 Å². The second-order valence-corrected chi connectivity index (χ2v) is 21.8. The van der Waals surface area contributed by atoms with E-state index in [1.807, 2.05) is 13.8 Å². The molecule has 14 atom stereocenters. The Morgan fingerprint density at radius 1 is 0.962 bits per heavy atom. The van der Waals surface area contributed by atoms with Gasteiger partial charge >= 0.3 is 5.97 Å². The van der Waals surface area contributed by atoms with Crippen LogP contribution in [-0.2, 0) is 23.7 Å². The lowest BCUT2D eigenvalue weighted by Gasteiger charge is -2.64. The lowest BCUT2D eigenvalue weighted by molar-refractivity contribution is -0.253. The molecule has 8 rings (SSSR count). The van der Waals surface area contributed by atoms with E-state index in [0.717, 1.165) is 51.9 Å². The molecule has 3 heterocycles. The van der Waals surface area contributed by atoms with Crippen LogP contribution < -0.4 is 0 Å². The first kappa shape index (κ1) is 39.0. The predicted octanol–water partition coefficient (Wildman–Crippen LogP) is 5.00. The fourth-order valence-electron chi connectivity index (χ4n) is 15.3. The number of fused-ring (bicyclic) bond motifs is 4. The third-order valence-corrected chi connectivity index (χ3v) is 17.5. The Bertz CT molecular complexity index is 1420. The summed E-state index contributed by atoms with van der Waals surface area (Å²) in [6.07, 6.45) is 6.55. The maximum Gasteiger partial charge on any atom is 0.303 e. The second-order valence-electron chi connectivity index (χ2n) is 21.8. The molecule has 0 aromatic rings. The smallest absolute Gasteiger partial charge is 0.303 e. The van der Waals surface area contributed by atoms with Crippen molar-refractivity contribution in [1.82, 2.24) is 9.80 Å². The molecule has 53 heavy (non-hydrogen) atoms. The third-order valence-electron chi connectivity index (χ3n) is 17.5. The first-order valence-corrected chi connectivity index (χ1v) is 21.3. The van der Waals surface area contributed by atoms with Crippen LogP contribution in [0.2, 0.25) is 0 Å².